The van der Waals surface area contributed by atoms with Gasteiger partial charge in [-0.1, -0.05) is 6.07 Å². The van der Waals surface area contributed by atoms with E-state index < -0.39 is 5.97 Å². The van der Waals surface area contributed by atoms with Crippen molar-refractivity contribution >= 4 is 22.6 Å². The lowest BCUT2D eigenvalue weighted by molar-refractivity contribution is 0.0697. The van der Waals surface area contributed by atoms with Crippen LogP contribution in [0.3, 0.4) is 0 Å². The van der Waals surface area contributed by atoms with Gasteiger partial charge in [0.05, 0.1) is 12.2 Å². The molecular weight excluding hydrogens is 232 g/mol. The molecule has 0 aliphatic rings. The molecule has 5 nitrogen and oxygen atoms in total. The maximum absolute atomic E-state index is 10.9. The van der Waals surface area contributed by atoms with Crippen LogP contribution in [0, 0.1) is 0 Å². The summed E-state index contributed by atoms with van der Waals surface area (Å²) in [6.45, 7) is 1.84. The van der Waals surface area contributed by atoms with Crippen LogP contribution in [0.2, 0.25) is 0 Å². The van der Waals surface area contributed by atoms with E-state index in [0.717, 1.165) is 10.8 Å². The van der Waals surface area contributed by atoms with Crippen molar-refractivity contribution in [2.24, 2.45) is 0 Å². The summed E-state index contributed by atoms with van der Waals surface area (Å²) in [6.07, 6.45) is 1.67. The Morgan fingerprint density at radius 2 is 2.17 bits per heavy atom. The smallest absolute Gasteiger partial charge is 0.335 e. The molecule has 3 N–H and O–H groups in total. The van der Waals surface area contributed by atoms with Gasteiger partial charge in [0.2, 0.25) is 0 Å². The highest BCUT2D eigenvalue weighted by Crippen LogP contribution is 2.18. The number of hydrogen-bond acceptors (Lipinski definition) is 4. The second-order valence-electron chi connectivity index (χ2n) is 4.16. The zero-order valence-corrected chi connectivity index (χ0v) is 9.92. The first-order valence-corrected chi connectivity index (χ1v) is 5.60. The van der Waals surface area contributed by atoms with Crippen LogP contribution in [0.5, 0.6) is 0 Å². The molecule has 1 aromatic heterocycles. The lowest BCUT2D eigenvalue weighted by Gasteiger charge is -2.11. The number of aromatic carboxylic acids is 1. The zero-order chi connectivity index (χ0) is 13.1. The molecule has 94 valence electrons. The molecule has 0 radical (unpaired) electrons. The maximum Gasteiger partial charge on any atom is 0.335 e. The second-order valence-corrected chi connectivity index (χ2v) is 4.16. The number of carbonyl (C=O) groups is 1. The van der Waals surface area contributed by atoms with E-state index in [9.17, 15) is 4.79 Å². The lowest BCUT2D eigenvalue weighted by Crippen LogP contribution is -2.19. The van der Waals surface area contributed by atoms with Crippen molar-refractivity contribution in [1.82, 2.24) is 4.98 Å². The number of pyridine rings is 1. The summed E-state index contributed by atoms with van der Waals surface area (Å²) in [5, 5.41) is 22.6. The number of anilines is 1. The fourth-order valence-corrected chi connectivity index (χ4v) is 1.65. The van der Waals surface area contributed by atoms with Crippen LogP contribution >= 0.6 is 0 Å². The summed E-state index contributed by atoms with van der Waals surface area (Å²) in [7, 11) is 0. The second kappa shape index (κ2) is 5.01. The van der Waals surface area contributed by atoms with Crippen molar-refractivity contribution < 1.29 is 15.0 Å². The molecule has 2 rings (SSSR count). The largest absolute Gasteiger partial charge is 0.478 e. The van der Waals surface area contributed by atoms with Crippen LogP contribution in [-0.4, -0.2) is 33.8 Å². The number of benzene rings is 1. The van der Waals surface area contributed by atoms with Crippen LogP contribution in [0.4, 0.5) is 5.82 Å². The normalized spacial score (nSPS) is 12.3. The summed E-state index contributed by atoms with van der Waals surface area (Å²) < 4.78 is 0. The molecule has 5 heteroatoms. The average molecular weight is 246 g/mol. The van der Waals surface area contributed by atoms with Gasteiger partial charge in [0.1, 0.15) is 5.82 Å². The molecule has 0 saturated heterocycles. The molecule has 0 aliphatic heterocycles. The van der Waals surface area contributed by atoms with Gasteiger partial charge in [-0.2, -0.15) is 0 Å². The zero-order valence-electron chi connectivity index (χ0n) is 9.92. The molecule has 0 bridgehead atoms. The highest BCUT2D eigenvalue weighted by Gasteiger charge is 2.06. The first-order valence-electron chi connectivity index (χ1n) is 5.60. The number of nitrogens with one attached hydrogen (secondary N) is 1. The summed E-state index contributed by atoms with van der Waals surface area (Å²) in [6, 6.07) is 6.56. The van der Waals surface area contributed by atoms with Crippen molar-refractivity contribution in [3.8, 4) is 0 Å². The van der Waals surface area contributed by atoms with E-state index in [4.69, 9.17) is 10.2 Å². The average Bonchev–Trinajstić information content (AvgIpc) is 2.37. The number of fused-ring (bicyclic) bond motifs is 1. The molecule has 0 fully saturated rings. The summed E-state index contributed by atoms with van der Waals surface area (Å²) >= 11 is 0. The topological polar surface area (TPSA) is 82.5 Å². The molecule has 0 spiro atoms. The van der Waals surface area contributed by atoms with Gasteiger partial charge < -0.3 is 15.5 Å². The number of hydrogen-bond donors (Lipinski definition) is 3. The molecular formula is C13H14N2O3. The Morgan fingerprint density at radius 3 is 2.83 bits per heavy atom. The number of aliphatic hydroxyl groups excluding tert-OH is 1. The third-order valence-electron chi connectivity index (χ3n) is 2.64. The third kappa shape index (κ3) is 2.57. The van der Waals surface area contributed by atoms with E-state index in [-0.39, 0.29) is 18.2 Å². The molecule has 0 amide bonds. The van der Waals surface area contributed by atoms with Crippen molar-refractivity contribution in [3.05, 3.63) is 36.0 Å². The predicted octanol–water partition coefficient (Wildman–Crippen LogP) is 1.73. The molecule has 0 unspecified atom stereocenters. The highest BCUT2D eigenvalue weighted by atomic mass is 16.4. The number of carboxylic acids is 1. The standard InChI is InChI=1S/C13H14N2O3/c1-8(7-16)15-12-5-11-4-9(13(17)18)2-3-10(11)6-14-12/h2-6,8,16H,7H2,1H3,(H,14,15)(H,17,18)/t8-/m0/s1. The van der Waals surface area contributed by atoms with E-state index in [1.165, 1.54) is 0 Å². The molecule has 2 aromatic rings. The van der Waals surface area contributed by atoms with Crippen LogP contribution in [0.15, 0.2) is 30.5 Å². The van der Waals surface area contributed by atoms with Crippen LogP contribution in [0.25, 0.3) is 10.8 Å². The van der Waals surface area contributed by atoms with E-state index >= 15 is 0 Å². The Hall–Kier alpha value is -2.14. The third-order valence-corrected chi connectivity index (χ3v) is 2.64. The van der Waals surface area contributed by atoms with Gasteiger partial charge in [-0.25, -0.2) is 9.78 Å². The fraction of sp³-hybridized carbons (Fsp3) is 0.231. The van der Waals surface area contributed by atoms with Crippen LogP contribution < -0.4 is 5.32 Å². The van der Waals surface area contributed by atoms with Gasteiger partial charge in [0, 0.05) is 17.6 Å². The summed E-state index contributed by atoms with van der Waals surface area (Å²) in [4.78, 5) is 15.1. The lowest BCUT2D eigenvalue weighted by atomic mass is 10.1. The summed E-state index contributed by atoms with van der Waals surface area (Å²) in [5.74, 6) is -0.335. The van der Waals surface area contributed by atoms with Gasteiger partial charge in [0.25, 0.3) is 0 Å². The number of aliphatic hydroxyl groups is 1. The van der Waals surface area contributed by atoms with Crippen molar-refractivity contribution in [2.75, 3.05) is 11.9 Å². The SMILES string of the molecule is C[C@@H](CO)Nc1cc2cc(C(=O)O)ccc2cn1. The Bertz CT molecular complexity index is 583. The number of carboxylic acid groups (broad SMARTS) is 1. The number of nitrogens with zero attached hydrogens (tertiary/aromatic N) is 1. The molecule has 0 aliphatic carbocycles. The predicted molar refractivity (Wildman–Crippen MR) is 68.9 cm³/mol. The first-order chi connectivity index (χ1) is 8.60. The summed E-state index contributed by atoms with van der Waals surface area (Å²) in [5.41, 5.74) is 0.245. The van der Waals surface area contributed by atoms with Gasteiger partial charge in [-0.3, -0.25) is 0 Å². The number of aromatic nitrogens is 1. The van der Waals surface area contributed by atoms with Gasteiger partial charge >= 0.3 is 5.97 Å². The minimum absolute atomic E-state index is 0.00881. The highest BCUT2D eigenvalue weighted by molar-refractivity contribution is 5.94. The Morgan fingerprint density at radius 1 is 1.39 bits per heavy atom. The Balaban J connectivity index is 2.39. The van der Waals surface area contributed by atoms with E-state index in [1.54, 1.807) is 30.5 Å². The van der Waals surface area contributed by atoms with Crippen molar-refractivity contribution in [1.29, 1.82) is 0 Å². The molecule has 1 atom stereocenters. The monoisotopic (exact) mass is 246 g/mol. The Kier molecular flexibility index (Phi) is 3.43. The van der Waals surface area contributed by atoms with E-state index in [0.29, 0.717) is 5.82 Å². The van der Waals surface area contributed by atoms with Crippen molar-refractivity contribution in [2.45, 2.75) is 13.0 Å². The first kappa shape index (κ1) is 12.3. The van der Waals surface area contributed by atoms with Crippen molar-refractivity contribution in [3.63, 3.8) is 0 Å². The molecule has 18 heavy (non-hydrogen) atoms. The molecule has 1 heterocycles. The van der Waals surface area contributed by atoms with Crippen LogP contribution in [0.1, 0.15) is 17.3 Å². The van der Waals surface area contributed by atoms with Gasteiger partial charge in [-0.15, -0.1) is 0 Å². The van der Waals surface area contributed by atoms with Gasteiger partial charge in [-0.05, 0) is 30.5 Å². The van der Waals surface area contributed by atoms with Crippen LogP contribution in [-0.2, 0) is 0 Å². The minimum Gasteiger partial charge on any atom is -0.478 e. The van der Waals surface area contributed by atoms with Gasteiger partial charge in [0.15, 0.2) is 0 Å². The quantitative estimate of drug-likeness (QED) is 0.765. The fourth-order valence-electron chi connectivity index (χ4n) is 1.65. The molecule has 0 saturated carbocycles. The van der Waals surface area contributed by atoms with E-state index in [2.05, 4.69) is 10.3 Å². The Labute approximate surface area is 104 Å². The number of rotatable bonds is 4. The maximum atomic E-state index is 10.9. The minimum atomic E-state index is -0.952. The molecule has 1 aromatic carbocycles. The van der Waals surface area contributed by atoms with E-state index in [1.807, 2.05) is 6.92 Å².